The van der Waals surface area contributed by atoms with Crippen molar-refractivity contribution in [3.63, 3.8) is 0 Å². The van der Waals surface area contributed by atoms with E-state index in [2.05, 4.69) is 5.32 Å². The topological polar surface area (TPSA) is 96.0 Å². The quantitative estimate of drug-likeness (QED) is 0.651. The number of nitrogens with zero attached hydrogens (tertiary/aromatic N) is 2. The van der Waals surface area contributed by atoms with Gasteiger partial charge in [0.2, 0.25) is 0 Å². The first-order valence-electron chi connectivity index (χ1n) is 5.64. The zero-order chi connectivity index (χ0) is 14.4. The van der Waals surface area contributed by atoms with E-state index in [9.17, 15) is 19.3 Å². The molecule has 0 radical (unpaired) electrons. The highest BCUT2D eigenvalue weighted by Crippen LogP contribution is 2.19. The third-order valence-electron chi connectivity index (χ3n) is 2.44. The van der Waals surface area contributed by atoms with Gasteiger partial charge in [0.05, 0.1) is 17.1 Å². The van der Waals surface area contributed by atoms with E-state index in [0.717, 1.165) is 12.1 Å². The standard InChI is InChI=1S/C12H12FN3O3/c1-2-3-9(7-14)15-12(17)10-5-4-8(13)6-11(10)16(18)19/h4-6,9H,2-3H2,1H3,(H,15,17). The number of carbonyl (C=O) groups is 1. The van der Waals surface area contributed by atoms with Crippen LogP contribution in [-0.2, 0) is 0 Å². The van der Waals surface area contributed by atoms with Crippen molar-refractivity contribution < 1.29 is 14.1 Å². The fraction of sp³-hybridized carbons (Fsp3) is 0.333. The summed E-state index contributed by atoms with van der Waals surface area (Å²) in [5.74, 6) is -1.56. The van der Waals surface area contributed by atoms with Crippen molar-refractivity contribution in [3.8, 4) is 6.07 Å². The molecule has 1 amide bonds. The summed E-state index contributed by atoms with van der Waals surface area (Å²) in [6.45, 7) is 1.84. The Bertz CT molecular complexity index is 540. The van der Waals surface area contributed by atoms with E-state index in [4.69, 9.17) is 5.26 Å². The van der Waals surface area contributed by atoms with Crippen molar-refractivity contribution in [2.75, 3.05) is 0 Å². The van der Waals surface area contributed by atoms with Gasteiger partial charge in [0.25, 0.3) is 11.6 Å². The Kier molecular flexibility index (Phi) is 4.94. The zero-order valence-electron chi connectivity index (χ0n) is 10.2. The molecular formula is C12H12FN3O3. The van der Waals surface area contributed by atoms with Crippen LogP contribution in [0.3, 0.4) is 0 Å². The molecule has 7 heteroatoms. The van der Waals surface area contributed by atoms with Gasteiger partial charge in [-0.15, -0.1) is 0 Å². The van der Waals surface area contributed by atoms with E-state index < -0.39 is 28.4 Å². The van der Waals surface area contributed by atoms with Gasteiger partial charge in [-0.3, -0.25) is 14.9 Å². The van der Waals surface area contributed by atoms with Crippen LogP contribution in [0.1, 0.15) is 30.1 Å². The lowest BCUT2D eigenvalue weighted by Crippen LogP contribution is -2.34. The van der Waals surface area contributed by atoms with E-state index in [-0.39, 0.29) is 5.56 Å². The average Bonchev–Trinajstić information content (AvgIpc) is 2.37. The minimum atomic E-state index is -0.834. The third kappa shape index (κ3) is 3.74. The predicted octanol–water partition coefficient (Wildman–Crippen LogP) is 2.16. The number of nitro benzene ring substituents is 1. The van der Waals surface area contributed by atoms with Gasteiger partial charge in [-0.1, -0.05) is 13.3 Å². The molecule has 1 aromatic rings. The van der Waals surface area contributed by atoms with Gasteiger partial charge in [0, 0.05) is 0 Å². The number of halogens is 1. The van der Waals surface area contributed by atoms with Crippen LogP contribution in [0.15, 0.2) is 18.2 Å². The fourth-order valence-corrected chi connectivity index (χ4v) is 1.54. The number of nitro groups is 1. The second-order valence-electron chi connectivity index (χ2n) is 3.86. The lowest BCUT2D eigenvalue weighted by molar-refractivity contribution is -0.385. The van der Waals surface area contributed by atoms with E-state index >= 15 is 0 Å². The molecule has 1 N–H and O–H groups in total. The molecule has 0 spiro atoms. The summed E-state index contributed by atoms with van der Waals surface area (Å²) in [5, 5.41) is 21.9. The van der Waals surface area contributed by atoms with Crippen LogP contribution in [0.4, 0.5) is 10.1 Å². The second kappa shape index (κ2) is 6.44. The minimum absolute atomic E-state index is 0.261. The molecule has 0 heterocycles. The Morgan fingerprint density at radius 2 is 2.32 bits per heavy atom. The molecule has 0 fully saturated rings. The maximum absolute atomic E-state index is 12.9. The molecule has 0 aromatic heterocycles. The maximum Gasteiger partial charge on any atom is 0.285 e. The molecule has 0 bridgehead atoms. The van der Waals surface area contributed by atoms with E-state index in [1.54, 1.807) is 0 Å². The molecule has 0 saturated heterocycles. The molecular weight excluding hydrogens is 253 g/mol. The van der Waals surface area contributed by atoms with Crippen molar-refractivity contribution in [1.29, 1.82) is 5.26 Å². The summed E-state index contributed by atoms with van der Waals surface area (Å²) < 4.78 is 12.9. The molecule has 1 rings (SSSR count). The summed E-state index contributed by atoms with van der Waals surface area (Å²) in [7, 11) is 0. The van der Waals surface area contributed by atoms with Crippen LogP contribution in [0, 0.1) is 27.3 Å². The number of nitrogens with one attached hydrogen (secondary N) is 1. The largest absolute Gasteiger partial charge is 0.336 e. The Morgan fingerprint density at radius 1 is 1.63 bits per heavy atom. The Morgan fingerprint density at radius 3 is 2.84 bits per heavy atom. The number of carbonyl (C=O) groups excluding carboxylic acids is 1. The van der Waals surface area contributed by atoms with Gasteiger partial charge in [0.15, 0.2) is 0 Å². The summed E-state index contributed by atoms with van der Waals surface area (Å²) >= 11 is 0. The Labute approximate surface area is 109 Å². The monoisotopic (exact) mass is 265 g/mol. The number of hydrogen-bond acceptors (Lipinski definition) is 4. The van der Waals surface area contributed by atoms with Crippen molar-refractivity contribution in [2.45, 2.75) is 25.8 Å². The van der Waals surface area contributed by atoms with Crippen molar-refractivity contribution in [3.05, 3.63) is 39.7 Å². The Balaban J connectivity index is 3.00. The van der Waals surface area contributed by atoms with Crippen LogP contribution in [-0.4, -0.2) is 16.9 Å². The number of benzene rings is 1. The van der Waals surface area contributed by atoms with Gasteiger partial charge >= 0.3 is 0 Å². The lowest BCUT2D eigenvalue weighted by Gasteiger charge is -2.10. The highest BCUT2D eigenvalue weighted by molar-refractivity contribution is 5.98. The van der Waals surface area contributed by atoms with Crippen molar-refractivity contribution >= 4 is 11.6 Å². The van der Waals surface area contributed by atoms with Crippen molar-refractivity contribution in [2.24, 2.45) is 0 Å². The van der Waals surface area contributed by atoms with Gasteiger partial charge in [-0.2, -0.15) is 5.26 Å². The zero-order valence-corrected chi connectivity index (χ0v) is 10.2. The summed E-state index contributed by atoms with van der Waals surface area (Å²) in [6, 6.07) is 3.84. The van der Waals surface area contributed by atoms with Crippen LogP contribution in [0.2, 0.25) is 0 Å². The second-order valence-corrected chi connectivity index (χ2v) is 3.86. The summed E-state index contributed by atoms with van der Waals surface area (Å²) in [6.07, 6.45) is 1.13. The maximum atomic E-state index is 12.9. The Hall–Kier alpha value is -2.49. The molecule has 100 valence electrons. The van der Waals surface area contributed by atoms with Gasteiger partial charge in [-0.05, 0) is 18.6 Å². The first-order chi connectivity index (χ1) is 8.99. The van der Waals surface area contributed by atoms with Gasteiger partial charge < -0.3 is 5.32 Å². The molecule has 1 atom stereocenters. The first kappa shape index (κ1) is 14.6. The van der Waals surface area contributed by atoms with Crippen LogP contribution < -0.4 is 5.32 Å². The molecule has 0 aliphatic carbocycles. The van der Waals surface area contributed by atoms with Gasteiger partial charge in [0.1, 0.15) is 17.4 Å². The number of amides is 1. The highest BCUT2D eigenvalue weighted by atomic mass is 19.1. The van der Waals surface area contributed by atoms with E-state index in [1.165, 1.54) is 0 Å². The minimum Gasteiger partial charge on any atom is -0.336 e. The highest BCUT2D eigenvalue weighted by Gasteiger charge is 2.22. The van der Waals surface area contributed by atoms with Crippen LogP contribution in [0.5, 0.6) is 0 Å². The third-order valence-corrected chi connectivity index (χ3v) is 2.44. The van der Waals surface area contributed by atoms with Gasteiger partial charge in [-0.25, -0.2) is 4.39 Å². The summed E-state index contributed by atoms with van der Waals surface area (Å²) in [5.41, 5.74) is -0.881. The lowest BCUT2D eigenvalue weighted by atomic mass is 10.1. The molecule has 0 aliphatic rings. The molecule has 19 heavy (non-hydrogen) atoms. The molecule has 1 unspecified atom stereocenters. The molecule has 6 nitrogen and oxygen atoms in total. The number of nitriles is 1. The SMILES string of the molecule is CCCC(C#N)NC(=O)c1ccc(F)cc1[N+](=O)[O-]. The smallest absolute Gasteiger partial charge is 0.285 e. The van der Waals surface area contributed by atoms with Crippen LogP contribution >= 0.6 is 0 Å². The van der Waals surface area contributed by atoms with E-state index in [1.807, 2.05) is 13.0 Å². The van der Waals surface area contributed by atoms with E-state index in [0.29, 0.717) is 18.9 Å². The predicted molar refractivity (Wildman–Crippen MR) is 64.8 cm³/mol. The first-order valence-corrected chi connectivity index (χ1v) is 5.64. The number of rotatable bonds is 5. The average molecular weight is 265 g/mol. The number of hydrogen-bond donors (Lipinski definition) is 1. The summed E-state index contributed by atoms with van der Waals surface area (Å²) in [4.78, 5) is 21.8. The fourth-order valence-electron chi connectivity index (χ4n) is 1.54. The molecule has 0 saturated carbocycles. The molecule has 0 aliphatic heterocycles. The van der Waals surface area contributed by atoms with Crippen LogP contribution in [0.25, 0.3) is 0 Å². The molecule has 1 aromatic carbocycles. The normalized spacial score (nSPS) is 11.4. The van der Waals surface area contributed by atoms with Crippen molar-refractivity contribution in [1.82, 2.24) is 5.32 Å².